The van der Waals surface area contributed by atoms with E-state index in [1.165, 1.54) is 16.3 Å². The molecule has 2 atom stereocenters. The fraction of sp³-hybridized carbons (Fsp3) is 0.0833. The van der Waals surface area contributed by atoms with Gasteiger partial charge in [0, 0.05) is 11.1 Å². The molecule has 28 heavy (non-hydrogen) atoms. The van der Waals surface area contributed by atoms with Crippen molar-refractivity contribution in [1.29, 1.82) is 0 Å². The van der Waals surface area contributed by atoms with E-state index in [2.05, 4.69) is 66.0 Å². The maximum absolute atomic E-state index is 6.36. The smallest absolute Gasteiger partial charge is 0.177 e. The van der Waals surface area contributed by atoms with Crippen LogP contribution < -0.4 is 10.1 Å². The highest BCUT2D eigenvalue weighted by Gasteiger charge is 2.31. The van der Waals surface area contributed by atoms with Crippen LogP contribution >= 0.6 is 23.2 Å². The third-order valence-corrected chi connectivity index (χ3v) is 5.90. The van der Waals surface area contributed by atoms with E-state index in [1.54, 1.807) is 6.07 Å². The van der Waals surface area contributed by atoms with Gasteiger partial charge in [-0.1, -0.05) is 89.9 Å². The van der Waals surface area contributed by atoms with Crippen molar-refractivity contribution in [2.24, 2.45) is 0 Å². The van der Waals surface area contributed by atoms with Gasteiger partial charge in [0.25, 0.3) is 0 Å². The molecule has 0 unspecified atom stereocenters. The lowest BCUT2D eigenvalue weighted by Crippen LogP contribution is -2.35. The number of hydrogen-bond acceptors (Lipinski definition) is 2. The predicted octanol–water partition coefficient (Wildman–Crippen LogP) is 6.92. The predicted molar refractivity (Wildman–Crippen MR) is 115 cm³/mol. The van der Waals surface area contributed by atoms with Crippen molar-refractivity contribution in [2.75, 3.05) is 0 Å². The van der Waals surface area contributed by atoms with E-state index >= 15 is 0 Å². The van der Waals surface area contributed by atoms with Crippen molar-refractivity contribution in [3.05, 3.63) is 112 Å². The van der Waals surface area contributed by atoms with Gasteiger partial charge in [0.05, 0.1) is 16.1 Å². The first kappa shape index (κ1) is 17.6. The van der Waals surface area contributed by atoms with Crippen molar-refractivity contribution in [3.63, 3.8) is 0 Å². The van der Waals surface area contributed by atoms with Crippen molar-refractivity contribution >= 4 is 34.0 Å². The number of hydrogen-bond donors (Lipinski definition) is 1. The third-order valence-electron chi connectivity index (χ3n) is 5.16. The largest absolute Gasteiger partial charge is 0.471 e. The number of nitrogens with one attached hydrogen (secondary N) is 1. The molecule has 4 heteroatoms. The second-order valence-corrected chi connectivity index (χ2v) is 7.69. The molecule has 138 valence electrons. The minimum Gasteiger partial charge on any atom is -0.471 e. The Morgan fingerprint density at radius 2 is 1.50 bits per heavy atom. The molecule has 0 aliphatic carbocycles. The maximum Gasteiger partial charge on any atom is 0.177 e. The second-order valence-electron chi connectivity index (χ2n) is 6.88. The fourth-order valence-corrected chi connectivity index (χ4v) is 4.13. The zero-order chi connectivity index (χ0) is 19.1. The van der Waals surface area contributed by atoms with Crippen LogP contribution in [0.3, 0.4) is 0 Å². The quantitative estimate of drug-likeness (QED) is 0.390. The van der Waals surface area contributed by atoms with Crippen LogP contribution in [-0.2, 0) is 0 Å². The van der Waals surface area contributed by atoms with Crippen molar-refractivity contribution in [1.82, 2.24) is 5.32 Å². The van der Waals surface area contributed by atoms with Crippen LogP contribution in [0.25, 0.3) is 10.8 Å². The summed E-state index contributed by atoms with van der Waals surface area (Å²) in [5.41, 5.74) is 3.28. The van der Waals surface area contributed by atoms with Gasteiger partial charge in [-0.05, 0) is 34.5 Å². The summed E-state index contributed by atoms with van der Waals surface area (Å²) in [4.78, 5) is 0. The number of fused-ring (bicyclic) bond motifs is 3. The summed E-state index contributed by atoms with van der Waals surface area (Å²) in [6.07, 6.45) is -0.325. The first-order valence-corrected chi connectivity index (χ1v) is 9.90. The van der Waals surface area contributed by atoms with E-state index in [0.29, 0.717) is 10.0 Å². The average Bonchev–Trinajstić information content (AvgIpc) is 2.75. The lowest BCUT2D eigenvalue weighted by Gasteiger charge is -2.35. The molecule has 0 radical (unpaired) electrons. The molecule has 1 aliphatic rings. The topological polar surface area (TPSA) is 21.3 Å². The van der Waals surface area contributed by atoms with Crippen LogP contribution in [0, 0.1) is 0 Å². The highest BCUT2D eigenvalue weighted by Crippen LogP contribution is 2.43. The zero-order valence-electron chi connectivity index (χ0n) is 14.9. The van der Waals surface area contributed by atoms with Gasteiger partial charge in [0.1, 0.15) is 5.75 Å². The number of benzene rings is 4. The average molecular weight is 406 g/mol. The molecule has 5 rings (SSSR count). The van der Waals surface area contributed by atoms with Crippen LogP contribution in [0.15, 0.2) is 84.9 Å². The maximum atomic E-state index is 6.36. The molecular weight excluding hydrogens is 389 g/mol. The first-order valence-electron chi connectivity index (χ1n) is 9.15. The van der Waals surface area contributed by atoms with Gasteiger partial charge < -0.3 is 4.74 Å². The summed E-state index contributed by atoms with van der Waals surface area (Å²) in [5, 5.41) is 7.09. The summed E-state index contributed by atoms with van der Waals surface area (Å²) in [6, 6.07) is 28.6. The van der Waals surface area contributed by atoms with Gasteiger partial charge in [0.2, 0.25) is 0 Å². The summed E-state index contributed by atoms with van der Waals surface area (Å²) in [5.74, 6) is 0.877. The van der Waals surface area contributed by atoms with Gasteiger partial charge in [-0.15, -0.1) is 0 Å². The van der Waals surface area contributed by atoms with Gasteiger partial charge >= 0.3 is 0 Å². The van der Waals surface area contributed by atoms with Crippen LogP contribution in [-0.4, -0.2) is 0 Å². The number of halogens is 2. The number of ether oxygens (including phenoxy) is 1. The van der Waals surface area contributed by atoms with E-state index in [1.807, 2.05) is 18.2 Å². The van der Waals surface area contributed by atoms with Crippen molar-refractivity contribution < 1.29 is 4.74 Å². The fourth-order valence-electron chi connectivity index (χ4n) is 3.82. The molecule has 0 saturated carbocycles. The highest BCUT2D eigenvalue weighted by molar-refractivity contribution is 6.42. The van der Waals surface area contributed by atoms with E-state index in [4.69, 9.17) is 27.9 Å². The van der Waals surface area contributed by atoms with Gasteiger partial charge in [0.15, 0.2) is 6.23 Å². The second kappa shape index (κ2) is 7.14. The highest BCUT2D eigenvalue weighted by atomic mass is 35.5. The molecule has 1 N–H and O–H groups in total. The standard InChI is InChI=1S/C24H17Cl2NO/c25-19-12-10-17(14-20(19)26)24-27-23(16-7-2-1-3-8-16)22-18-9-5-4-6-15(18)11-13-21(22)28-24/h1-14,23-24,27H/t23-,24+/m0/s1. The van der Waals surface area contributed by atoms with Gasteiger partial charge in [-0.2, -0.15) is 0 Å². The molecule has 1 aliphatic heterocycles. The Hall–Kier alpha value is -2.52. The lowest BCUT2D eigenvalue weighted by atomic mass is 9.91. The molecular formula is C24H17Cl2NO. The van der Waals surface area contributed by atoms with Crippen LogP contribution in [0.4, 0.5) is 0 Å². The Morgan fingerprint density at radius 1 is 0.714 bits per heavy atom. The normalized spacial score (nSPS) is 18.5. The molecule has 1 heterocycles. The van der Waals surface area contributed by atoms with Crippen LogP contribution in [0.5, 0.6) is 5.75 Å². The Bertz CT molecular complexity index is 1160. The molecule has 0 bridgehead atoms. The number of rotatable bonds is 2. The molecule has 0 saturated heterocycles. The van der Waals surface area contributed by atoms with E-state index in [-0.39, 0.29) is 12.3 Å². The van der Waals surface area contributed by atoms with Gasteiger partial charge in [-0.3, -0.25) is 5.32 Å². The summed E-state index contributed by atoms with van der Waals surface area (Å²) in [7, 11) is 0. The van der Waals surface area contributed by atoms with Gasteiger partial charge in [-0.25, -0.2) is 0 Å². The minimum atomic E-state index is -0.325. The Morgan fingerprint density at radius 3 is 2.32 bits per heavy atom. The molecule has 2 nitrogen and oxygen atoms in total. The van der Waals surface area contributed by atoms with E-state index in [0.717, 1.165) is 16.9 Å². The summed E-state index contributed by atoms with van der Waals surface area (Å²) in [6.45, 7) is 0. The summed E-state index contributed by atoms with van der Waals surface area (Å²) < 4.78 is 6.36. The summed E-state index contributed by atoms with van der Waals surface area (Å²) >= 11 is 12.3. The zero-order valence-corrected chi connectivity index (χ0v) is 16.4. The molecule has 0 amide bonds. The first-order chi connectivity index (χ1) is 13.7. The molecule has 4 aromatic rings. The molecule has 0 fully saturated rings. The molecule has 0 spiro atoms. The van der Waals surface area contributed by atoms with Crippen LogP contribution in [0.1, 0.15) is 29.0 Å². The van der Waals surface area contributed by atoms with Crippen molar-refractivity contribution in [2.45, 2.75) is 12.3 Å². The third kappa shape index (κ3) is 3.04. The van der Waals surface area contributed by atoms with E-state index < -0.39 is 0 Å². The lowest BCUT2D eigenvalue weighted by molar-refractivity contribution is 0.134. The molecule has 4 aromatic carbocycles. The SMILES string of the molecule is Clc1ccc([C@@H]2N[C@@H](c3ccccc3)c3c(ccc4ccccc34)O2)cc1Cl. The Balaban J connectivity index is 1.68. The Labute approximate surface area is 173 Å². The van der Waals surface area contributed by atoms with E-state index in [9.17, 15) is 0 Å². The van der Waals surface area contributed by atoms with Crippen molar-refractivity contribution in [3.8, 4) is 5.75 Å². The minimum absolute atomic E-state index is 0.00416. The Kier molecular flexibility index (Phi) is 4.48. The monoisotopic (exact) mass is 405 g/mol. The molecule has 0 aromatic heterocycles. The van der Waals surface area contributed by atoms with Crippen LogP contribution in [0.2, 0.25) is 10.0 Å².